The molecule has 0 atom stereocenters. The third-order valence-electron chi connectivity index (χ3n) is 5.12. The molecular formula is C21H17ClN4O3S2. The minimum atomic E-state index is -3.75. The first-order valence-corrected chi connectivity index (χ1v) is 12.0. The number of halogens is 1. The summed E-state index contributed by atoms with van der Waals surface area (Å²) in [5.41, 5.74) is 2.56. The van der Waals surface area contributed by atoms with Crippen LogP contribution in [-0.4, -0.2) is 20.9 Å². The third kappa shape index (κ3) is 3.44. The number of fused-ring (bicyclic) bond motifs is 2. The van der Waals surface area contributed by atoms with Gasteiger partial charge in [0.2, 0.25) is 5.88 Å². The molecule has 158 valence electrons. The van der Waals surface area contributed by atoms with Crippen LogP contribution >= 0.6 is 22.9 Å². The second-order valence-electron chi connectivity index (χ2n) is 7.08. The summed E-state index contributed by atoms with van der Waals surface area (Å²) in [6.07, 6.45) is 1.54. The van der Waals surface area contributed by atoms with E-state index in [1.807, 2.05) is 6.07 Å². The standard InChI is InChI=1S/C21H17ClN4O3S2/c1-12-17-10-13(22)2-7-18(17)30-21(12)31(27,28)25-14-3-5-15(6-4-14)26-11-24-20-16(19(26)23)8-9-29-20/h2-10,23-25H,11H2,1H3. The topological polar surface area (TPSA) is 98.4 Å². The second-order valence-corrected chi connectivity index (χ2v) is 10.4. The summed E-state index contributed by atoms with van der Waals surface area (Å²) in [6, 6.07) is 14.0. The van der Waals surface area contributed by atoms with Crippen LogP contribution < -0.4 is 14.9 Å². The van der Waals surface area contributed by atoms with Crippen molar-refractivity contribution in [3.8, 4) is 0 Å². The van der Waals surface area contributed by atoms with E-state index >= 15 is 0 Å². The average molecular weight is 473 g/mol. The Morgan fingerprint density at radius 3 is 2.74 bits per heavy atom. The number of nitrogens with one attached hydrogen (secondary N) is 3. The number of hydrogen-bond donors (Lipinski definition) is 3. The molecule has 0 aliphatic carbocycles. The second kappa shape index (κ2) is 7.30. The van der Waals surface area contributed by atoms with E-state index in [9.17, 15) is 8.42 Å². The maximum absolute atomic E-state index is 13.0. The zero-order valence-corrected chi connectivity index (χ0v) is 18.7. The molecular weight excluding hydrogens is 456 g/mol. The largest absolute Gasteiger partial charge is 0.448 e. The molecule has 3 heterocycles. The van der Waals surface area contributed by atoms with E-state index in [2.05, 4.69) is 10.0 Å². The van der Waals surface area contributed by atoms with Crippen LogP contribution in [0, 0.1) is 12.3 Å². The van der Waals surface area contributed by atoms with Gasteiger partial charge < -0.3 is 14.6 Å². The molecule has 2 aromatic carbocycles. The monoisotopic (exact) mass is 472 g/mol. The van der Waals surface area contributed by atoms with E-state index in [-0.39, 0.29) is 4.21 Å². The van der Waals surface area contributed by atoms with Gasteiger partial charge in [0.15, 0.2) is 0 Å². The average Bonchev–Trinajstić information content (AvgIpc) is 3.35. The number of thiophene rings is 1. The van der Waals surface area contributed by atoms with Crippen molar-refractivity contribution in [3.05, 3.63) is 70.9 Å². The summed E-state index contributed by atoms with van der Waals surface area (Å²) in [7, 11) is -3.75. The smallest absolute Gasteiger partial charge is 0.271 e. The van der Waals surface area contributed by atoms with Gasteiger partial charge in [0.05, 0.1) is 18.5 Å². The van der Waals surface area contributed by atoms with Gasteiger partial charge in [-0.1, -0.05) is 11.6 Å². The number of anilines is 3. The van der Waals surface area contributed by atoms with Gasteiger partial charge in [0.25, 0.3) is 10.0 Å². The lowest BCUT2D eigenvalue weighted by Gasteiger charge is -2.29. The van der Waals surface area contributed by atoms with Crippen LogP contribution in [0.4, 0.5) is 17.3 Å². The molecule has 5 rings (SSSR count). The van der Waals surface area contributed by atoms with Gasteiger partial charge in [-0.2, -0.15) is 0 Å². The van der Waals surface area contributed by atoms with Crippen LogP contribution in [0.5, 0.6) is 0 Å². The van der Waals surface area contributed by atoms with Crippen molar-refractivity contribution in [2.24, 2.45) is 0 Å². The van der Waals surface area contributed by atoms with Crippen LogP contribution in [0.25, 0.3) is 10.1 Å². The van der Waals surface area contributed by atoms with E-state index in [4.69, 9.17) is 21.4 Å². The molecule has 7 nitrogen and oxygen atoms in total. The lowest BCUT2D eigenvalue weighted by molar-refractivity contribution is 0.577. The molecule has 1 aliphatic heterocycles. The quantitative estimate of drug-likeness (QED) is 0.365. The number of aryl methyl sites for hydroxylation is 1. The maximum atomic E-state index is 13.0. The molecule has 31 heavy (non-hydrogen) atoms. The first-order chi connectivity index (χ1) is 14.8. The fourth-order valence-electron chi connectivity index (χ4n) is 3.57. The summed E-state index contributed by atoms with van der Waals surface area (Å²) in [5.74, 6) is 0.890. The molecule has 1 aliphatic rings. The molecule has 0 radical (unpaired) electrons. The molecule has 3 N–H and O–H groups in total. The van der Waals surface area contributed by atoms with Crippen LogP contribution in [0.3, 0.4) is 0 Å². The van der Waals surface area contributed by atoms with Gasteiger partial charge in [-0.25, -0.2) is 8.42 Å². The lowest BCUT2D eigenvalue weighted by atomic mass is 10.2. The normalized spacial score (nSPS) is 13.9. The Labute approximate surface area is 187 Å². The highest BCUT2D eigenvalue weighted by molar-refractivity contribution is 7.94. The van der Waals surface area contributed by atoms with Gasteiger partial charge in [0.1, 0.15) is 10.0 Å². The number of hydrogen-bond acceptors (Lipinski definition) is 6. The van der Waals surface area contributed by atoms with Crippen LogP contribution in [0.1, 0.15) is 11.1 Å². The van der Waals surface area contributed by atoms with E-state index < -0.39 is 10.0 Å². The Morgan fingerprint density at radius 1 is 1.19 bits per heavy atom. The number of furan rings is 1. The van der Waals surface area contributed by atoms with Crippen molar-refractivity contribution in [1.29, 1.82) is 5.41 Å². The van der Waals surface area contributed by atoms with Gasteiger partial charge in [-0.3, -0.25) is 10.1 Å². The Morgan fingerprint density at radius 2 is 1.97 bits per heavy atom. The van der Waals surface area contributed by atoms with Crippen molar-refractivity contribution in [2.45, 2.75) is 11.1 Å². The minimum Gasteiger partial charge on any atom is -0.448 e. The molecule has 0 bridgehead atoms. The van der Waals surface area contributed by atoms with Gasteiger partial charge in [-0.05, 0) is 66.4 Å². The molecule has 0 fully saturated rings. The number of rotatable bonds is 4. The SMILES string of the molecule is Cc1c(S(=O)(=O)Nc2ccc(N3CNc4occc4C3=N)cc2)sc2ccc(Cl)cc12. The van der Waals surface area contributed by atoms with E-state index in [1.54, 1.807) is 54.3 Å². The predicted molar refractivity (Wildman–Crippen MR) is 125 cm³/mol. The highest BCUT2D eigenvalue weighted by atomic mass is 35.5. The Balaban J connectivity index is 1.40. The highest BCUT2D eigenvalue weighted by Crippen LogP contribution is 2.36. The summed E-state index contributed by atoms with van der Waals surface area (Å²) in [4.78, 5) is 1.77. The highest BCUT2D eigenvalue weighted by Gasteiger charge is 2.25. The number of amidine groups is 1. The minimum absolute atomic E-state index is 0.267. The zero-order chi connectivity index (χ0) is 21.8. The Kier molecular flexibility index (Phi) is 4.69. The fraction of sp³-hybridized carbons (Fsp3) is 0.0952. The Bertz CT molecular complexity index is 1420. The molecule has 0 saturated carbocycles. The third-order valence-corrected chi connectivity index (χ3v) is 8.63. The van der Waals surface area contributed by atoms with Crippen LogP contribution in [-0.2, 0) is 10.0 Å². The summed E-state index contributed by atoms with van der Waals surface area (Å²) in [6.45, 7) is 2.17. The maximum Gasteiger partial charge on any atom is 0.271 e. The summed E-state index contributed by atoms with van der Waals surface area (Å²) >= 11 is 7.28. The molecule has 0 unspecified atom stereocenters. The van der Waals surface area contributed by atoms with Crippen molar-refractivity contribution in [1.82, 2.24) is 0 Å². The van der Waals surface area contributed by atoms with E-state index in [1.165, 1.54) is 17.6 Å². The molecule has 0 saturated heterocycles. The van der Waals surface area contributed by atoms with Crippen molar-refractivity contribution in [2.75, 3.05) is 21.6 Å². The summed E-state index contributed by atoms with van der Waals surface area (Å²) in [5, 5.41) is 12.9. The van der Waals surface area contributed by atoms with Crippen molar-refractivity contribution < 1.29 is 12.8 Å². The first-order valence-electron chi connectivity index (χ1n) is 9.33. The zero-order valence-electron chi connectivity index (χ0n) is 16.3. The number of sulfonamides is 1. The molecule has 4 aromatic rings. The summed E-state index contributed by atoms with van der Waals surface area (Å²) < 4.78 is 35.1. The number of benzene rings is 2. The van der Waals surface area contributed by atoms with E-state index in [0.29, 0.717) is 40.2 Å². The molecule has 0 spiro atoms. The number of nitrogens with zero attached hydrogens (tertiary/aromatic N) is 1. The van der Waals surface area contributed by atoms with Crippen LogP contribution in [0.15, 0.2) is 63.4 Å². The van der Waals surface area contributed by atoms with Crippen molar-refractivity contribution in [3.63, 3.8) is 0 Å². The Hall–Kier alpha value is -3.01. The van der Waals surface area contributed by atoms with Gasteiger partial charge >= 0.3 is 0 Å². The van der Waals surface area contributed by atoms with E-state index in [0.717, 1.165) is 15.8 Å². The fourth-order valence-corrected chi connectivity index (χ4v) is 6.54. The molecule has 2 aromatic heterocycles. The lowest BCUT2D eigenvalue weighted by Crippen LogP contribution is -2.39. The van der Waals surface area contributed by atoms with Gasteiger partial charge in [0, 0.05) is 21.1 Å². The van der Waals surface area contributed by atoms with Crippen molar-refractivity contribution >= 4 is 66.1 Å². The molecule has 10 heteroatoms. The van der Waals surface area contributed by atoms with Crippen LogP contribution in [0.2, 0.25) is 5.02 Å². The molecule has 0 amide bonds. The van der Waals surface area contributed by atoms with Gasteiger partial charge in [-0.15, -0.1) is 11.3 Å². The predicted octanol–water partition coefficient (Wildman–Crippen LogP) is 5.47. The first kappa shape index (κ1) is 19.9.